The molecule has 1 aliphatic rings. The Hall–Kier alpha value is -0.980. The molecule has 1 fully saturated rings. The first-order valence-corrected chi connectivity index (χ1v) is 6.51. The third-order valence-electron chi connectivity index (χ3n) is 3.44. The van der Waals surface area contributed by atoms with Crippen molar-refractivity contribution in [1.82, 2.24) is 19.7 Å². The van der Waals surface area contributed by atoms with Gasteiger partial charge >= 0.3 is 0 Å². The van der Waals surface area contributed by atoms with Crippen LogP contribution in [-0.4, -0.2) is 56.7 Å². The second-order valence-corrected chi connectivity index (χ2v) is 4.98. The fraction of sp³-hybridized carbons (Fsp3) is 0.833. The summed E-state index contributed by atoms with van der Waals surface area (Å²) in [6, 6.07) is 0.408. The van der Waals surface area contributed by atoms with Crippen LogP contribution in [0.3, 0.4) is 0 Å². The van der Waals surface area contributed by atoms with Gasteiger partial charge in [0.1, 0.15) is 12.2 Å². The van der Waals surface area contributed by atoms with E-state index >= 15 is 0 Å². The standard InChI is InChI=1S/C12H22N4O2/c1-4-15(10-6-18-7-11(10)17)5-12-14-13-8-16(12)9(2)3/h8-11,17H,4-7H2,1-3H3/t10-,11-/m1/s1. The molecule has 102 valence electrons. The van der Waals surface area contributed by atoms with E-state index in [0.29, 0.717) is 25.8 Å². The molecule has 1 aromatic rings. The highest BCUT2D eigenvalue weighted by molar-refractivity contribution is 4.92. The normalized spacial score (nSPS) is 24.3. The molecule has 6 nitrogen and oxygen atoms in total. The van der Waals surface area contributed by atoms with Crippen molar-refractivity contribution in [2.45, 2.75) is 45.5 Å². The van der Waals surface area contributed by atoms with Gasteiger partial charge in [-0.3, -0.25) is 4.90 Å². The Kier molecular flexibility index (Phi) is 4.31. The van der Waals surface area contributed by atoms with Gasteiger partial charge in [0.15, 0.2) is 0 Å². The number of rotatable bonds is 5. The van der Waals surface area contributed by atoms with Crippen LogP contribution in [0.4, 0.5) is 0 Å². The minimum Gasteiger partial charge on any atom is -0.389 e. The van der Waals surface area contributed by atoms with Gasteiger partial charge in [0.2, 0.25) is 0 Å². The zero-order chi connectivity index (χ0) is 13.1. The predicted molar refractivity (Wildman–Crippen MR) is 67.1 cm³/mol. The molecule has 0 spiro atoms. The van der Waals surface area contributed by atoms with Crippen molar-refractivity contribution in [3.8, 4) is 0 Å². The molecule has 0 saturated carbocycles. The molecule has 1 saturated heterocycles. The molecule has 0 aromatic carbocycles. The quantitative estimate of drug-likeness (QED) is 0.826. The Morgan fingerprint density at radius 1 is 1.56 bits per heavy atom. The van der Waals surface area contributed by atoms with E-state index in [1.165, 1.54) is 0 Å². The smallest absolute Gasteiger partial charge is 0.147 e. The first-order valence-electron chi connectivity index (χ1n) is 6.51. The highest BCUT2D eigenvalue weighted by atomic mass is 16.5. The van der Waals surface area contributed by atoms with Crippen LogP contribution in [0.2, 0.25) is 0 Å². The van der Waals surface area contributed by atoms with Crippen LogP contribution < -0.4 is 0 Å². The Bertz CT molecular complexity index is 380. The van der Waals surface area contributed by atoms with Gasteiger partial charge in [0, 0.05) is 6.04 Å². The van der Waals surface area contributed by atoms with Crippen molar-refractivity contribution < 1.29 is 9.84 Å². The maximum Gasteiger partial charge on any atom is 0.147 e. The van der Waals surface area contributed by atoms with Crippen LogP contribution in [0.1, 0.15) is 32.6 Å². The van der Waals surface area contributed by atoms with Gasteiger partial charge in [-0.05, 0) is 20.4 Å². The predicted octanol–water partition coefficient (Wildman–Crippen LogP) is 0.441. The minimum absolute atomic E-state index is 0.0623. The second kappa shape index (κ2) is 5.77. The van der Waals surface area contributed by atoms with Gasteiger partial charge in [-0.25, -0.2) is 0 Å². The number of ether oxygens (including phenoxy) is 1. The molecule has 2 heterocycles. The van der Waals surface area contributed by atoms with Crippen LogP contribution in [0.5, 0.6) is 0 Å². The molecule has 0 aliphatic carbocycles. The van der Waals surface area contributed by atoms with E-state index in [4.69, 9.17) is 4.74 Å². The molecule has 1 aliphatic heterocycles. The summed E-state index contributed by atoms with van der Waals surface area (Å²) in [5, 5.41) is 18.0. The summed E-state index contributed by atoms with van der Waals surface area (Å²) in [4.78, 5) is 2.20. The Morgan fingerprint density at radius 2 is 2.33 bits per heavy atom. The van der Waals surface area contributed by atoms with Crippen LogP contribution in [0, 0.1) is 0 Å². The monoisotopic (exact) mass is 254 g/mol. The van der Waals surface area contributed by atoms with Crippen molar-refractivity contribution in [3.63, 3.8) is 0 Å². The number of nitrogens with zero attached hydrogens (tertiary/aromatic N) is 4. The minimum atomic E-state index is -0.402. The van der Waals surface area contributed by atoms with Crippen LogP contribution in [0.15, 0.2) is 6.33 Å². The van der Waals surface area contributed by atoms with E-state index in [-0.39, 0.29) is 6.04 Å². The average Bonchev–Trinajstić information content (AvgIpc) is 2.94. The second-order valence-electron chi connectivity index (χ2n) is 4.98. The Balaban J connectivity index is 2.08. The molecule has 0 bridgehead atoms. The summed E-state index contributed by atoms with van der Waals surface area (Å²) in [6.07, 6.45) is 1.36. The largest absolute Gasteiger partial charge is 0.389 e. The lowest BCUT2D eigenvalue weighted by Gasteiger charge is -2.28. The third kappa shape index (κ3) is 2.71. The van der Waals surface area contributed by atoms with Crippen molar-refractivity contribution >= 4 is 0 Å². The molecule has 2 rings (SSSR count). The third-order valence-corrected chi connectivity index (χ3v) is 3.44. The summed E-state index contributed by atoms with van der Waals surface area (Å²) in [5.74, 6) is 0.936. The molecule has 0 radical (unpaired) electrons. The lowest BCUT2D eigenvalue weighted by atomic mass is 10.2. The van der Waals surface area contributed by atoms with Crippen LogP contribution in [-0.2, 0) is 11.3 Å². The fourth-order valence-electron chi connectivity index (χ4n) is 2.34. The maximum atomic E-state index is 9.89. The lowest BCUT2D eigenvalue weighted by Crippen LogP contribution is -2.43. The first-order chi connectivity index (χ1) is 8.63. The van der Waals surface area contributed by atoms with Crippen LogP contribution in [0.25, 0.3) is 0 Å². The molecular weight excluding hydrogens is 232 g/mol. The number of likely N-dealkylation sites (N-methyl/N-ethyl adjacent to an activating group) is 1. The summed E-state index contributed by atoms with van der Waals surface area (Å²) >= 11 is 0. The van der Waals surface area contributed by atoms with Crippen molar-refractivity contribution in [1.29, 1.82) is 0 Å². The van der Waals surface area contributed by atoms with Gasteiger partial charge < -0.3 is 14.4 Å². The SMILES string of the molecule is CCN(Cc1nncn1C(C)C)[C@@H]1COC[C@H]1O. The van der Waals surface area contributed by atoms with E-state index in [1.54, 1.807) is 6.33 Å². The Morgan fingerprint density at radius 3 is 2.89 bits per heavy atom. The van der Waals surface area contributed by atoms with E-state index in [0.717, 1.165) is 12.4 Å². The molecule has 2 atom stereocenters. The number of aromatic nitrogens is 3. The van der Waals surface area contributed by atoms with E-state index in [9.17, 15) is 5.11 Å². The molecule has 1 N–H and O–H groups in total. The molecular formula is C12H22N4O2. The molecule has 6 heteroatoms. The summed E-state index contributed by atoms with van der Waals surface area (Å²) in [7, 11) is 0. The highest BCUT2D eigenvalue weighted by Crippen LogP contribution is 2.16. The van der Waals surface area contributed by atoms with Gasteiger partial charge in [-0.1, -0.05) is 6.92 Å². The summed E-state index contributed by atoms with van der Waals surface area (Å²) in [5.41, 5.74) is 0. The number of hydrogen-bond donors (Lipinski definition) is 1. The number of hydrogen-bond acceptors (Lipinski definition) is 5. The van der Waals surface area contributed by atoms with E-state index < -0.39 is 6.10 Å². The first kappa shape index (κ1) is 13.5. The number of aliphatic hydroxyl groups is 1. The van der Waals surface area contributed by atoms with Crippen molar-refractivity contribution in [2.75, 3.05) is 19.8 Å². The van der Waals surface area contributed by atoms with Crippen molar-refractivity contribution in [2.24, 2.45) is 0 Å². The molecule has 0 unspecified atom stereocenters. The van der Waals surface area contributed by atoms with Crippen LogP contribution >= 0.6 is 0 Å². The summed E-state index contributed by atoms with van der Waals surface area (Å²) < 4.78 is 7.37. The maximum absolute atomic E-state index is 9.89. The van der Waals surface area contributed by atoms with E-state index in [2.05, 4.69) is 40.4 Å². The lowest BCUT2D eigenvalue weighted by molar-refractivity contribution is 0.0784. The van der Waals surface area contributed by atoms with Crippen molar-refractivity contribution in [3.05, 3.63) is 12.2 Å². The molecule has 18 heavy (non-hydrogen) atoms. The summed E-state index contributed by atoms with van der Waals surface area (Å²) in [6.45, 7) is 8.87. The number of aliphatic hydroxyl groups excluding tert-OH is 1. The average molecular weight is 254 g/mol. The zero-order valence-corrected chi connectivity index (χ0v) is 11.3. The highest BCUT2D eigenvalue weighted by Gasteiger charge is 2.31. The molecule has 0 amide bonds. The molecule has 1 aromatic heterocycles. The van der Waals surface area contributed by atoms with Gasteiger partial charge in [0.25, 0.3) is 0 Å². The van der Waals surface area contributed by atoms with Gasteiger partial charge in [-0.15, -0.1) is 10.2 Å². The zero-order valence-electron chi connectivity index (χ0n) is 11.3. The topological polar surface area (TPSA) is 63.4 Å². The van der Waals surface area contributed by atoms with E-state index in [1.807, 2.05) is 0 Å². The van der Waals surface area contributed by atoms with Gasteiger partial charge in [-0.2, -0.15) is 0 Å². The van der Waals surface area contributed by atoms with Gasteiger partial charge in [0.05, 0.1) is 31.9 Å². The fourth-order valence-corrected chi connectivity index (χ4v) is 2.34. The Labute approximate surface area is 108 Å².